The van der Waals surface area contributed by atoms with E-state index < -0.39 is 12.2 Å². The number of aromatic nitrogens is 2. The maximum atomic E-state index is 12.8. The lowest BCUT2D eigenvalue weighted by molar-refractivity contribution is -0.179. The van der Waals surface area contributed by atoms with Crippen molar-refractivity contribution in [2.24, 2.45) is 0 Å². The molecule has 0 aromatic carbocycles. The average Bonchev–Trinajstić information content (AvgIpc) is 2.47. The average molecular weight is 318 g/mol. The van der Waals surface area contributed by atoms with Crippen molar-refractivity contribution in [2.45, 2.75) is 33.0 Å². The summed E-state index contributed by atoms with van der Waals surface area (Å²) < 4.78 is 43.6. The van der Waals surface area contributed by atoms with Gasteiger partial charge in [0.05, 0.1) is 12.7 Å². The van der Waals surface area contributed by atoms with E-state index in [1.165, 1.54) is 11.8 Å². The van der Waals surface area contributed by atoms with Crippen molar-refractivity contribution in [2.75, 3.05) is 38.2 Å². The second-order valence-corrected chi connectivity index (χ2v) is 5.47. The molecule has 0 radical (unpaired) electrons. The number of hydrogen-bond donors (Lipinski definition) is 0. The van der Waals surface area contributed by atoms with Crippen LogP contribution in [0.25, 0.3) is 0 Å². The number of halogens is 3. The second kappa shape index (κ2) is 6.28. The fraction of sp³-hybridized carbons (Fsp3) is 0.714. The molecule has 0 N–H and O–H groups in total. The number of aryl methyl sites for hydroxylation is 1. The van der Waals surface area contributed by atoms with E-state index in [2.05, 4.69) is 9.97 Å². The van der Waals surface area contributed by atoms with Gasteiger partial charge in [-0.1, -0.05) is 0 Å². The minimum absolute atomic E-state index is 0.353. The molecule has 1 aliphatic heterocycles. The normalized spacial score (nSPS) is 18.4. The highest BCUT2D eigenvalue weighted by atomic mass is 19.4. The van der Waals surface area contributed by atoms with Crippen LogP contribution < -0.4 is 9.64 Å². The predicted octanol–water partition coefficient (Wildman–Crippen LogP) is 2.17. The van der Waals surface area contributed by atoms with Gasteiger partial charge in [-0.25, -0.2) is 4.98 Å². The summed E-state index contributed by atoms with van der Waals surface area (Å²) in [5.41, 5.74) is 0.811. The fourth-order valence-corrected chi connectivity index (χ4v) is 2.62. The lowest BCUT2D eigenvalue weighted by atomic mass is 10.2. The van der Waals surface area contributed by atoms with Crippen LogP contribution in [0.1, 0.15) is 18.3 Å². The second-order valence-electron chi connectivity index (χ2n) is 5.47. The molecule has 0 saturated carbocycles. The van der Waals surface area contributed by atoms with E-state index in [-0.39, 0.29) is 0 Å². The Hall–Kier alpha value is -1.57. The minimum Gasteiger partial charge on any atom is -0.481 e. The van der Waals surface area contributed by atoms with Crippen LogP contribution in [-0.4, -0.2) is 60.4 Å². The number of rotatable bonds is 3. The van der Waals surface area contributed by atoms with Crippen LogP contribution >= 0.6 is 0 Å². The molecule has 5 nitrogen and oxygen atoms in total. The summed E-state index contributed by atoms with van der Waals surface area (Å²) in [7, 11) is 1.54. The lowest BCUT2D eigenvalue weighted by Gasteiger charge is -2.39. The monoisotopic (exact) mass is 318 g/mol. The molecule has 1 fully saturated rings. The van der Waals surface area contributed by atoms with Crippen LogP contribution in [0, 0.1) is 13.8 Å². The summed E-state index contributed by atoms with van der Waals surface area (Å²) in [5, 5.41) is 0. The zero-order valence-corrected chi connectivity index (χ0v) is 13.2. The highest BCUT2D eigenvalue weighted by Crippen LogP contribution is 2.28. The van der Waals surface area contributed by atoms with Crippen LogP contribution in [0.15, 0.2) is 0 Å². The van der Waals surface area contributed by atoms with Gasteiger partial charge in [-0.2, -0.15) is 18.2 Å². The van der Waals surface area contributed by atoms with E-state index in [1.54, 1.807) is 14.0 Å². The van der Waals surface area contributed by atoms with Gasteiger partial charge in [-0.3, -0.25) is 4.90 Å². The van der Waals surface area contributed by atoms with Gasteiger partial charge in [0.2, 0.25) is 5.88 Å². The first-order chi connectivity index (χ1) is 10.2. The van der Waals surface area contributed by atoms with Gasteiger partial charge >= 0.3 is 6.18 Å². The number of piperazine rings is 1. The maximum Gasteiger partial charge on any atom is 0.403 e. The van der Waals surface area contributed by atoms with Crippen LogP contribution in [-0.2, 0) is 0 Å². The summed E-state index contributed by atoms with van der Waals surface area (Å²) in [6.45, 7) is 6.54. The number of methoxy groups -OCH3 is 1. The SMILES string of the molecule is COc1nc(C)nc(N2CCN(C(C)C(F)(F)F)CC2)c1C. The van der Waals surface area contributed by atoms with E-state index in [1.807, 2.05) is 11.8 Å². The van der Waals surface area contributed by atoms with Crippen molar-refractivity contribution in [3.8, 4) is 5.88 Å². The molecule has 2 heterocycles. The molecular formula is C14H21F3N4O. The molecule has 124 valence electrons. The van der Waals surface area contributed by atoms with Crippen LogP contribution in [0.3, 0.4) is 0 Å². The van der Waals surface area contributed by atoms with Gasteiger partial charge in [0, 0.05) is 26.2 Å². The summed E-state index contributed by atoms with van der Waals surface area (Å²) in [6, 6.07) is -1.42. The van der Waals surface area contributed by atoms with Crippen molar-refractivity contribution < 1.29 is 17.9 Å². The first kappa shape index (κ1) is 16.8. The van der Waals surface area contributed by atoms with E-state index in [0.29, 0.717) is 37.9 Å². The van der Waals surface area contributed by atoms with Gasteiger partial charge in [-0.05, 0) is 20.8 Å². The standard InChI is InChI=1S/C14H21F3N4O/c1-9-12(18-11(3)19-13(9)22-4)21-7-5-20(6-8-21)10(2)14(15,16)17/h10H,5-8H2,1-4H3. The first-order valence-corrected chi connectivity index (χ1v) is 7.19. The fourth-order valence-electron chi connectivity index (χ4n) is 2.62. The number of alkyl halides is 3. The molecule has 1 saturated heterocycles. The van der Waals surface area contributed by atoms with Crippen LogP contribution in [0.2, 0.25) is 0 Å². The lowest BCUT2D eigenvalue weighted by Crippen LogP contribution is -2.54. The molecule has 1 aliphatic rings. The maximum absolute atomic E-state index is 12.8. The third kappa shape index (κ3) is 3.43. The minimum atomic E-state index is -4.19. The highest BCUT2D eigenvalue weighted by Gasteiger charge is 2.41. The molecule has 0 aliphatic carbocycles. The van der Waals surface area contributed by atoms with Gasteiger partial charge in [0.1, 0.15) is 17.7 Å². The molecule has 0 amide bonds. The van der Waals surface area contributed by atoms with Crippen molar-refractivity contribution in [3.63, 3.8) is 0 Å². The van der Waals surface area contributed by atoms with Gasteiger partial charge < -0.3 is 9.64 Å². The number of ether oxygens (including phenoxy) is 1. The van der Waals surface area contributed by atoms with Crippen LogP contribution in [0.5, 0.6) is 5.88 Å². The third-order valence-corrected chi connectivity index (χ3v) is 4.02. The molecular weight excluding hydrogens is 297 g/mol. The molecule has 1 unspecified atom stereocenters. The van der Waals surface area contributed by atoms with Crippen molar-refractivity contribution in [1.29, 1.82) is 0 Å². The Labute approximate surface area is 128 Å². The summed E-state index contributed by atoms with van der Waals surface area (Å²) in [4.78, 5) is 12.1. The van der Waals surface area contributed by atoms with E-state index in [4.69, 9.17) is 4.74 Å². The zero-order valence-electron chi connectivity index (χ0n) is 13.2. The Morgan fingerprint density at radius 3 is 2.18 bits per heavy atom. The molecule has 1 atom stereocenters. The summed E-state index contributed by atoms with van der Waals surface area (Å²) in [5.74, 6) is 1.83. The van der Waals surface area contributed by atoms with Gasteiger partial charge in [0.25, 0.3) is 0 Å². The quantitative estimate of drug-likeness (QED) is 0.854. The summed E-state index contributed by atoms with van der Waals surface area (Å²) >= 11 is 0. The van der Waals surface area contributed by atoms with Crippen molar-refractivity contribution in [1.82, 2.24) is 14.9 Å². The molecule has 1 aromatic heterocycles. The smallest absolute Gasteiger partial charge is 0.403 e. The van der Waals surface area contributed by atoms with Gasteiger partial charge in [0.15, 0.2) is 0 Å². The largest absolute Gasteiger partial charge is 0.481 e. The van der Waals surface area contributed by atoms with E-state index in [0.717, 1.165) is 11.4 Å². The van der Waals surface area contributed by atoms with Crippen molar-refractivity contribution >= 4 is 5.82 Å². The Morgan fingerprint density at radius 1 is 1.09 bits per heavy atom. The molecule has 0 spiro atoms. The number of hydrogen-bond acceptors (Lipinski definition) is 5. The first-order valence-electron chi connectivity index (χ1n) is 7.19. The molecule has 22 heavy (non-hydrogen) atoms. The van der Waals surface area contributed by atoms with E-state index >= 15 is 0 Å². The molecule has 0 bridgehead atoms. The Balaban J connectivity index is 2.11. The third-order valence-electron chi connectivity index (χ3n) is 4.02. The van der Waals surface area contributed by atoms with Crippen molar-refractivity contribution in [3.05, 3.63) is 11.4 Å². The van der Waals surface area contributed by atoms with Crippen LogP contribution in [0.4, 0.5) is 19.0 Å². The molecule has 8 heteroatoms. The molecule has 2 rings (SSSR count). The zero-order chi connectivity index (χ0) is 16.5. The number of anilines is 1. The topological polar surface area (TPSA) is 41.5 Å². The predicted molar refractivity (Wildman–Crippen MR) is 77.4 cm³/mol. The Morgan fingerprint density at radius 2 is 1.68 bits per heavy atom. The Bertz CT molecular complexity index is 528. The van der Waals surface area contributed by atoms with E-state index in [9.17, 15) is 13.2 Å². The molecule has 1 aromatic rings. The number of nitrogens with zero attached hydrogens (tertiary/aromatic N) is 4. The summed E-state index contributed by atoms with van der Waals surface area (Å²) in [6.07, 6.45) is -4.19. The van der Waals surface area contributed by atoms with Gasteiger partial charge in [-0.15, -0.1) is 0 Å². The highest BCUT2D eigenvalue weighted by molar-refractivity contribution is 5.51. The Kier molecular flexibility index (Phi) is 4.79.